The number of rotatable bonds is 3. The van der Waals surface area contributed by atoms with Crippen molar-refractivity contribution in [2.75, 3.05) is 30.8 Å². The van der Waals surface area contributed by atoms with Crippen molar-refractivity contribution in [3.05, 3.63) is 24.3 Å². The second-order valence-electron chi connectivity index (χ2n) is 4.08. The van der Waals surface area contributed by atoms with Gasteiger partial charge in [0, 0.05) is 13.3 Å². The van der Waals surface area contributed by atoms with Crippen LogP contribution in [0.1, 0.15) is 0 Å². The first-order chi connectivity index (χ1) is 8.81. The lowest BCUT2D eigenvalue weighted by molar-refractivity contribution is 0.177. The zero-order valence-corrected chi connectivity index (χ0v) is 12.6. The molecule has 0 aliphatic heterocycles. The van der Waals surface area contributed by atoms with Gasteiger partial charge in [0.05, 0.1) is 18.5 Å². The van der Waals surface area contributed by atoms with Crippen molar-refractivity contribution in [2.24, 2.45) is 0 Å². The van der Waals surface area contributed by atoms with E-state index in [0.29, 0.717) is 11.4 Å². The topological polar surface area (TPSA) is 79.5 Å². The number of carbonyl (C=O) groups excluding carboxylic acids is 1. The lowest BCUT2D eigenvalue weighted by Gasteiger charge is -2.16. The third kappa shape index (κ3) is 5.72. The number of methoxy groups -OCH3 is 1. The highest BCUT2D eigenvalue weighted by Gasteiger charge is 2.11. The number of hydrogen-bond acceptors (Lipinski definition) is 4. The van der Waals surface area contributed by atoms with Crippen molar-refractivity contribution >= 4 is 42.1 Å². The highest BCUT2D eigenvalue weighted by atomic mass is 32.1. The number of thiocarbonyl (C=S) groups is 1. The molecule has 0 spiro atoms. The molecule has 8 heteroatoms. The Balaban J connectivity index is 2.81. The lowest BCUT2D eigenvalue weighted by atomic mass is 10.3. The molecule has 3 N–H and O–H groups in total. The monoisotopic (exact) mass is 301 g/mol. The fourth-order valence-corrected chi connectivity index (χ4v) is 2.25. The van der Waals surface area contributed by atoms with Crippen molar-refractivity contribution < 1.29 is 14.1 Å². The smallest absolute Gasteiger partial charge is 0.413 e. The van der Waals surface area contributed by atoms with Gasteiger partial charge in [-0.1, -0.05) is 12.1 Å². The second kappa shape index (κ2) is 6.54. The maximum Gasteiger partial charge on any atom is 0.413 e. The van der Waals surface area contributed by atoms with E-state index in [2.05, 4.69) is 20.5 Å². The molecular formula is C11H16N3O3PS. The molecule has 0 radical (unpaired) electrons. The summed E-state index contributed by atoms with van der Waals surface area (Å²) in [7, 11) is -1.19. The Morgan fingerprint density at radius 2 is 1.84 bits per heavy atom. The summed E-state index contributed by atoms with van der Waals surface area (Å²) in [5, 5.41) is 8.18. The molecule has 0 fully saturated rings. The molecule has 1 rings (SSSR count). The summed E-state index contributed by atoms with van der Waals surface area (Å²) >= 11 is 4.96. The molecule has 0 aromatic heterocycles. The summed E-state index contributed by atoms with van der Waals surface area (Å²) in [5.41, 5.74) is 1.26. The van der Waals surface area contributed by atoms with Gasteiger partial charge in [0.2, 0.25) is 0 Å². The molecule has 1 aromatic rings. The Morgan fingerprint density at radius 3 is 2.37 bits per heavy atom. The van der Waals surface area contributed by atoms with Crippen molar-refractivity contribution in [3.63, 3.8) is 0 Å². The van der Waals surface area contributed by atoms with Gasteiger partial charge < -0.3 is 19.7 Å². The van der Waals surface area contributed by atoms with E-state index < -0.39 is 13.4 Å². The SMILES string of the molecule is COC(=O)NC(=S)Nc1ccccc1NP(C)(C)=O. The second-order valence-corrected chi connectivity index (χ2v) is 7.41. The Morgan fingerprint density at radius 1 is 1.26 bits per heavy atom. The van der Waals surface area contributed by atoms with Gasteiger partial charge in [0.1, 0.15) is 0 Å². The van der Waals surface area contributed by atoms with Gasteiger partial charge >= 0.3 is 6.09 Å². The molecule has 0 saturated carbocycles. The summed E-state index contributed by atoms with van der Waals surface area (Å²) in [6.45, 7) is 3.24. The van der Waals surface area contributed by atoms with E-state index in [1.165, 1.54) is 7.11 Å². The van der Waals surface area contributed by atoms with Crippen LogP contribution in [0.3, 0.4) is 0 Å². The van der Waals surface area contributed by atoms with Crippen molar-refractivity contribution in [1.29, 1.82) is 0 Å². The molecule has 19 heavy (non-hydrogen) atoms. The summed E-state index contributed by atoms with van der Waals surface area (Å²) in [5.74, 6) is 0. The zero-order valence-electron chi connectivity index (χ0n) is 10.9. The number of anilines is 2. The fraction of sp³-hybridized carbons (Fsp3) is 0.273. The van der Waals surface area contributed by atoms with Gasteiger partial charge in [-0.2, -0.15) is 0 Å². The minimum Gasteiger partial charge on any atom is -0.453 e. The normalized spacial score (nSPS) is 10.5. The van der Waals surface area contributed by atoms with Gasteiger partial charge in [0.15, 0.2) is 12.4 Å². The largest absolute Gasteiger partial charge is 0.453 e. The maximum absolute atomic E-state index is 11.8. The van der Waals surface area contributed by atoms with Crippen LogP contribution in [0.15, 0.2) is 24.3 Å². The average molecular weight is 301 g/mol. The first-order valence-electron chi connectivity index (χ1n) is 5.40. The first kappa shape index (κ1) is 15.5. The number of alkyl carbamates (subject to hydrolysis) is 1. The first-order valence-corrected chi connectivity index (χ1v) is 8.41. The predicted molar refractivity (Wildman–Crippen MR) is 81.3 cm³/mol. The van der Waals surface area contributed by atoms with E-state index >= 15 is 0 Å². The number of hydrogen-bond donors (Lipinski definition) is 3. The molecule has 6 nitrogen and oxygen atoms in total. The quantitative estimate of drug-likeness (QED) is 0.588. The Kier molecular flexibility index (Phi) is 5.32. The third-order valence-electron chi connectivity index (χ3n) is 1.97. The number of nitrogens with one attached hydrogen (secondary N) is 3. The molecule has 0 saturated heterocycles. The van der Waals surface area contributed by atoms with Crippen LogP contribution in [0.25, 0.3) is 0 Å². The van der Waals surface area contributed by atoms with Gasteiger partial charge in [-0.3, -0.25) is 5.32 Å². The van der Waals surface area contributed by atoms with E-state index in [4.69, 9.17) is 12.2 Å². The summed E-state index contributed by atoms with van der Waals surface area (Å²) < 4.78 is 16.2. The van der Waals surface area contributed by atoms with Crippen LogP contribution >= 0.6 is 19.5 Å². The zero-order chi connectivity index (χ0) is 14.5. The van der Waals surface area contributed by atoms with Crippen LogP contribution in [-0.2, 0) is 9.30 Å². The van der Waals surface area contributed by atoms with Crippen LogP contribution in [0.5, 0.6) is 0 Å². The Hall–Kier alpha value is -1.59. The van der Waals surface area contributed by atoms with Crippen LogP contribution in [0, 0.1) is 0 Å². The molecular weight excluding hydrogens is 285 g/mol. The van der Waals surface area contributed by atoms with E-state index in [-0.39, 0.29) is 5.11 Å². The van der Waals surface area contributed by atoms with Crippen molar-refractivity contribution in [3.8, 4) is 0 Å². The van der Waals surface area contributed by atoms with Crippen molar-refractivity contribution in [1.82, 2.24) is 5.32 Å². The van der Waals surface area contributed by atoms with Crippen molar-refractivity contribution in [2.45, 2.75) is 0 Å². The lowest BCUT2D eigenvalue weighted by Crippen LogP contribution is -2.34. The van der Waals surface area contributed by atoms with Crippen LogP contribution in [0.4, 0.5) is 16.2 Å². The van der Waals surface area contributed by atoms with Crippen LogP contribution in [-0.4, -0.2) is 31.6 Å². The van der Waals surface area contributed by atoms with E-state index in [1.54, 1.807) is 37.6 Å². The van der Waals surface area contributed by atoms with Gasteiger partial charge in [-0.15, -0.1) is 0 Å². The molecule has 1 aromatic carbocycles. The molecule has 0 bridgehead atoms. The van der Waals surface area contributed by atoms with E-state index in [0.717, 1.165) is 0 Å². The summed E-state index contributed by atoms with van der Waals surface area (Å²) in [4.78, 5) is 11.0. The number of ether oxygens (including phenoxy) is 1. The van der Waals surface area contributed by atoms with Gasteiger partial charge in [0.25, 0.3) is 0 Å². The summed E-state index contributed by atoms with van der Waals surface area (Å²) in [6, 6.07) is 7.12. The van der Waals surface area contributed by atoms with Crippen LogP contribution in [0.2, 0.25) is 0 Å². The number of carbonyl (C=O) groups is 1. The highest BCUT2D eigenvalue weighted by Crippen LogP contribution is 2.39. The fourth-order valence-electron chi connectivity index (χ4n) is 1.28. The van der Waals surface area contributed by atoms with E-state index in [9.17, 15) is 9.36 Å². The standard InChI is InChI=1S/C11H16N3O3PS/c1-17-11(15)13-10(19)12-8-6-4-5-7-9(8)14-18(2,3)16/h4-7H,1-3H3,(H,14,16)(H2,12,13,15,19). The summed E-state index contributed by atoms with van der Waals surface area (Å²) in [6.07, 6.45) is -0.653. The number of amides is 1. The van der Waals surface area contributed by atoms with Gasteiger partial charge in [-0.25, -0.2) is 4.79 Å². The molecule has 0 heterocycles. The maximum atomic E-state index is 11.8. The molecule has 0 unspecified atom stereocenters. The third-order valence-corrected chi connectivity index (χ3v) is 2.95. The molecule has 104 valence electrons. The minimum absolute atomic E-state index is 0.100. The Labute approximate surface area is 117 Å². The number of para-hydroxylation sites is 2. The average Bonchev–Trinajstić information content (AvgIpc) is 2.29. The minimum atomic E-state index is -2.44. The van der Waals surface area contributed by atoms with Crippen LogP contribution < -0.4 is 15.7 Å². The number of benzene rings is 1. The molecule has 0 atom stereocenters. The van der Waals surface area contributed by atoms with E-state index in [1.807, 2.05) is 0 Å². The molecule has 0 aliphatic rings. The highest BCUT2D eigenvalue weighted by molar-refractivity contribution is 7.80. The predicted octanol–water partition coefficient (Wildman–Crippen LogP) is 2.69. The van der Waals surface area contributed by atoms with Gasteiger partial charge in [-0.05, 0) is 24.4 Å². The molecule has 1 amide bonds. The molecule has 0 aliphatic carbocycles. The Bertz CT molecular complexity index is 530.